The van der Waals surface area contributed by atoms with Crippen LogP contribution in [0, 0.1) is 6.92 Å². The van der Waals surface area contributed by atoms with Gasteiger partial charge in [-0.1, -0.05) is 77.8 Å². The van der Waals surface area contributed by atoms with Gasteiger partial charge >= 0.3 is 0 Å². The van der Waals surface area contributed by atoms with E-state index in [1.165, 1.54) is 0 Å². The molecule has 224 valence electrons. The smallest absolute Gasteiger partial charge is 0.250 e. The Morgan fingerprint density at radius 3 is 2.30 bits per heavy atom. The maximum Gasteiger partial charge on any atom is 0.250 e. The molecule has 3 amide bonds. The van der Waals surface area contributed by atoms with E-state index >= 15 is 0 Å². The predicted octanol–water partition coefficient (Wildman–Crippen LogP) is 5.10. The van der Waals surface area contributed by atoms with E-state index in [-0.39, 0.29) is 37.0 Å². The largest absolute Gasteiger partial charge is 0.340 e. The number of carbonyl (C=O) groups excluding carboxylic acids is 4. The van der Waals surface area contributed by atoms with Crippen molar-refractivity contribution in [3.8, 4) is 0 Å². The summed E-state index contributed by atoms with van der Waals surface area (Å²) in [5.41, 5.74) is 2.42. The van der Waals surface area contributed by atoms with Gasteiger partial charge in [-0.3, -0.25) is 19.2 Å². The minimum absolute atomic E-state index is 0.0242. The first-order valence-electron chi connectivity index (χ1n) is 14.4. The molecule has 2 heterocycles. The number of benzene rings is 3. The van der Waals surface area contributed by atoms with Gasteiger partial charge < -0.3 is 20.9 Å². The third-order valence-electron chi connectivity index (χ3n) is 8.28. The summed E-state index contributed by atoms with van der Waals surface area (Å²) >= 11 is 12.6. The van der Waals surface area contributed by atoms with Crippen LogP contribution in [0.3, 0.4) is 0 Å². The molecule has 0 aromatic heterocycles. The van der Waals surface area contributed by atoms with Crippen LogP contribution in [0.2, 0.25) is 10.0 Å². The summed E-state index contributed by atoms with van der Waals surface area (Å²) in [7, 11) is 0. The molecule has 0 radical (unpaired) electrons. The van der Waals surface area contributed by atoms with Crippen molar-refractivity contribution >= 4 is 52.4 Å². The fraction of sp³-hybridized carbons (Fsp3) is 0.333. The van der Waals surface area contributed by atoms with Crippen molar-refractivity contribution < 1.29 is 19.2 Å². The third-order valence-corrected chi connectivity index (χ3v) is 9.00. The van der Waals surface area contributed by atoms with Crippen molar-refractivity contribution in [1.82, 2.24) is 15.5 Å². The first kappa shape index (κ1) is 30.7. The highest BCUT2D eigenvalue weighted by Crippen LogP contribution is 2.31. The number of hydrogen-bond acceptors (Lipinski definition) is 5. The van der Waals surface area contributed by atoms with Crippen LogP contribution in [0.15, 0.2) is 66.7 Å². The zero-order chi connectivity index (χ0) is 30.6. The van der Waals surface area contributed by atoms with Crippen LogP contribution in [0.25, 0.3) is 0 Å². The average Bonchev–Trinajstić information content (AvgIpc) is 3.02. The van der Waals surface area contributed by atoms with Crippen molar-refractivity contribution in [3.63, 3.8) is 0 Å². The molecule has 0 spiro atoms. The molecule has 2 aliphatic rings. The number of piperidine rings is 1. The maximum absolute atomic E-state index is 14.1. The van der Waals surface area contributed by atoms with Gasteiger partial charge in [0.2, 0.25) is 17.7 Å². The molecule has 0 saturated carbocycles. The second-order valence-corrected chi connectivity index (χ2v) is 12.0. The molecule has 8 nitrogen and oxygen atoms in total. The molecule has 5 rings (SSSR count). The molecule has 10 heteroatoms. The Bertz CT molecular complexity index is 1540. The van der Waals surface area contributed by atoms with E-state index in [1.807, 2.05) is 37.3 Å². The summed E-state index contributed by atoms with van der Waals surface area (Å²) in [6.45, 7) is 3.11. The number of hydrogen-bond donors (Lipinski definition) is 3. The van der Waals surface area contributed by atoms with E-state index in [0.29, 0.717) is 53.6 Å². The minimum atomic E-state index is -1.21. The quantitative estimate of drug-likeness (QED) is 0.304. The topological polar surface area (TPSA) is 108 Å². The summed E-state index contributed by atoms with van der Waals surface area (Å²) in [6, 6.07) is 19.0. The van der Waals surface area contributed by atoms with Crippen molar-refractivity contribution in [1.29, 1.82) is 0 Å². The van der Waals surface area contributed by atoms with Crippen molar-refractivity contribution in [3.05, 3.63) is 99.0 Å². The molecule has 1 saturated heterocycles. The zero-order valence-corrected chi connectivity index (χ0v) is 25.4. The average molecular weight is 622 g/mol. The fourth-order valence-electron chi connectivity index (χ4n) is 5.73. The van der Waals surface area contributed by atoms with Crippen molar-refractivity contribution in [2.75, 3.05) is 18.4 Å². The molecule has 0 unspecified atom stereocenters. The highest BCUT2D eigenvalue weighted by molar-refractivity contribution is 6.37. The van der Waals surface area contributed by atoms with Crippen molar-refractivity contribution in [2.45, 2.75) is 57.2 Å². The lowest BCUT2D eigenvalue weighted by molar-refractivity contribution is -0.143. The summed E-state index contributed by atoms with van der Waals surface area (Å²) in [6.07, 6.45) is 1.03. The molecule has 0 bridgehead atoms. The number of nitrogens with one attached hydrogen (secondary N) is 3. The molecule has 1 atom stereocenters. The zero-order valence-electron chi connectivity index (χ0n) is 23.9. The number of ketones is 1. The summed E-state index contributed by atoms with van der Waals surface area (Å²) < 4.78 is 0. The third kappa shape index (κ3) is 6.93. The Labute approximate surface area is 261 Å². The van der Waals surface area contributed by atoms with Gasteiger partial charge in [-0.2, -0.15) is 0 Å². The van der Waals surface area contributed by atoms with E-state index in [4.69, 9.17) is 23.2 Å². The number of fused-ring (bicyclic) bond motifs is 1. The number of rotatable bonds is 8. The van der Waals surface area contributed by atoms with Gasteiger partial charge in [0.25, 0.3) is 0 Å². The van der Waals surface area contributed by atoms with E-state index < -0.39 is 17.5 Å². The van der Waals surface area contributed by atoms with E-state index in [1.54, 1.807) is 41.3 Å². The molecule has 3 aromatic carbocycles. The molecule has 2 aliphatic heterocycles. The molecule has 0 aliphatic carbocycles. The van der Waals surface area contributed by atoms with Crippen LogP contribution < -0.4 is 16.0 Å². The van der Waals surface area contributed by atoms with Gasteiger partial charge in [-0.25, -0.2) is 0 Å². The Balaban J connectivity index is 1.37. The van der Waals surface area contributed by atoms with Crippen LogP contribution in [-0.4, -0.2) is 53.1 Å². The molecule has 3 N–H and O–H groups in total. The Hall–Kier alpha value is -3.72. The standard InChI is InChI=1S/C33H34Cl2N4O4/c1-21-17-27(26(35)19-25(21)34)37-32(43)33(13-15-36-16-14-33)38-31(42)28-18-23-9-5-6-10-24(23)20-39(28)30(41)12-11-29(40)22-7-3-2-4-8-22/h2-10,17,19,28,36H,11-16,18,20H2,1H3,(H,37,43)(H,38,42)/t28-/m0/s1. The number of nitrogens with zero attached hydrogens (tertiary/aromatic N) is 1. The summed E-state index contributed by atoms with van der Waals surface area (Å²) in [4.78, 5) is 55.7. The van der Waals surface area contributed by atoms with E-state index in [0.717, 1.165) is 16.7 Å². The fourth-order valence-corrected chi connectivity index (χ4v) is 6.16. The van der Waals surface area contributed by atoms with Crippen LogP contribution in [-0.2, 0) is 27.3 Å². The highest BCUT2D eigenvalue weighted by atomic mass is 35.5. The van der Waals surface area contributed by atoms with Crippen LogP contribution >= 0.6 is 23.2 Å². The number of aryl methyl sites for hydroxylation is 1. The first-order chi connectivity index (χ1) is 20.7. The number of carbonyl (C=O) groups is 4. The SMILES string of the molecule is Cc1cc(NC(=O)C2(NC(=O)[C@@H]3Cc4ccccc4CN3C(=O)CCC(=O)c3ccccc3)CCNCC2)c(Cl)cc1Cl. The second-order valence-electron chi connectivity index (χ2n) is 11.2. The summed E-state index contributed by atoms with van der Waals surface area (Å²) in [5.74, 6) is -1.21. The van der Waals surface area contributed by atoms with Gasteiger partial charge in [0.05, 0.1) is 10.7 Å². The minimum Gasteiger partial charge on any atom is -0.340 e. The van der Waals surface area contributed by atoms with Gasteiger partial charge in [-0.15, -0.1) is 0 Å². The maximum atomic E-state index is 14.1. The van der Waals surface area contributed by atoms with Crippen LogP contribution in [0.5, 0.6) is 0 Å². The number of amides is 3. The highest BCUT2D eigenvalue weighted by Gasteiger charge is 2.44. The van der Waals surface area contributed by atoms with Gasteiger partial charge in [0.15, 0.2) is 5.78 Å². The predicted molar refractivity (Wildman–Crippen MR) is 167 cm³/mol. The molecular formula is C33H34Cl2N4O4. The molecular weight excluding hydrogens is 587 g/mol. The van der Waals surface area contributed by atoms with Crippen LogP contribution in [0.1, 0.15) is 52.7 Å². The lowest BCUT2D eigenvalue weighted by Crippen LogP contribution is -2.65. The van der Waals surface area contributed by atoms with Gasteiger partial charge in [0, 0.05) is 36.4 Å². The first-order valence-corrected chi connectivity index (χ1v) is 15.2. The van der Waals surface area contributed by atoms with Gasteiger partial charge in [-0.05, 0) is 61.7 Å². The number of anilines is 1. The molecule has 1 fully saturated rings. The Morgan fingerprint density at radius 2 is 1.58 bits per heavy atom. The van der Waals surface area contributed by atoms with E-state index in [9.17, 15) is 19.2 Å². The summed E-state index contributed by atoms with van der Waals surface area (Å²) in [5, 5.41) is 9.99. The molecule has 43 heavy (non-hydrogen) atoms. The van der Waals surface area contributed by atoms with Crippen molar-refractivity contribution in [2.24, 2.45) is 0 Å². The number of Topliss-reactive ketones (excluding diaryl/α,β-unsaturated/α-hetero) is 1. The Kier molecular flexibility index (Phi) is 9.49. The molecule has 3 aromatic rings. The normalized spacial score (nSPS) is 17.5. The lowest BCUT2D eigenvalue weighted by Gasteiger charge is -2.41. The van der Waals surface area contributed by atoms with Crippen LogP contribution in [0.4, 0.5) is 5.69 Å². The monoisotopic (exact) mass is 620 g/mol. The lowest BCUT2D eigenvalue weighted by atomic mass is 9.85. The van der Waals surface area contributed by atoms with Gasteiger partial charge in [0.1, 0.15) is 11.6 Å². The Morgan fingerprint density at radius 1 is 0.907 bits per heavy atom. The van der Waals surface area contributed by atoms with E-state index in [2.05, 4.69) is 16.0 Å². The second kappa shape index (κ2) is 13.3. The number of halogens is 2.